The van der Waals surface area contributed by atoms with Crippen LogP contribution in [0.5, 0.6) is 0 Å². The van der Waals surface area contributed by atoms with Crippen LogP contribution in [0, 0.1) is 5.82 Å². The minimum Gasteiger partial charge on any atom is -0.377 e. The number of para-hydroxylation sites is 1. The average molecular weight is 278 g/mol. The number of hydrogen-bond acceptors (Lipinski definition) is 2. The molecule has 1 unspecified atom stereocenters. The molecule has 1 atom stereocenters. The number of aromatic nitrogens is 1. The summed E-state index contributed by atoms with van der Waals surface area (Å²) >= 11 is 0. The molecule has 3 aromatic rings. The van der Waals surface area contributed by atoms with Crippen molar-refractivity contribution in [3.8, 4) is 0 Å². The molecule has 0 saturated heterocycles. The van der Waals surface area contributed by atoms with Gasteiger partial charge in [0.2, 0.25) is 0 Å². The Balaban J connectivity index is 1.64. The van der Waals surface area contributed by atoms with Gasteiger partial charge in [-0.15, -0.1) is 0 Å². The molecule has 0 radical (unpaired) electrons. The van der Waals surface area contributed by atoms with Crippen LogP contribution in [-0.4, -0.2) is 4.98 Å². The largest absolute Gasteiger partial charge is 0.377 e. The first kappa shape index (κ1) is 12.3. The molecule has 1 N–H and O–H groups in total. The van der Waals surface area contributed by atoms with Gasteiger partial charge in [-0.25, -0.2) is 4.39 Å². The van der Waals surface area contributed by atoms with E-state index >= 15 is 0 Å². The molecule has 0 spiro atoms. The first-order valence-electron chi connectivity index (χ1n) is 7.19. The SMILES string of the molecule is Fc1ccc2c(c1)CCC2Nc1cnc2ccccc2c1. The van der Waals surface area contributed by atoms with E-state index in [-0.39, 0.29) is 11.9 Å². The summed E-state index contributed by atoms with van der Waals surface area (Å²) in [5.41, 5.74) is 4.32. The van der Waals surface area contributed by atoms with E-state index in [1.807, 2.05) is 30.5 Å². The Bertz CT molecular complexity index is 813. The number of halogens is 1. The standard InChI is InChI=1S/C18H15FN2/c19-14-6-7-16-12(9-14)5-8-18(16)21-15-10-13-3-1-2-4-17(13)20-11-15/h1-4,6-7,9-11,18,21H,5,8H2. The average Bonchev–Trinajstić information content (AvgIpc) is 2.89. The molecule has 0 fully saturated rings. The zero-order valence-electron chi connectivity index (χ0n) is 11.5. The molecule has 4 rings (SSSR count). The lowest BCUT2D eigenvalue weighted by Gasteiger charge is -2.15. The summed E-state index contributed by atoms with van der Waals surface area (Å²) in [6.45, 7) is 0. The number of hydrogen-bond donors (Lipinski definition) is 1. The number of benzene rings is 2. The van der Waals surface area contributed by atoms with E-state index in [4.69, 9.17) is 0 Å². The molecule has 2 nitrogen and oxygen atoms in total. The predicted octanol–water partition coefficient (Wildman–Crippen LogP) is 4.47. The first-order chi connectivity index (χ1) is 10.3. The monoisotopic (exact) mass is 278 g/mol. The fourth-order valence-corrected chi connectivity index (χ4v) is 3.09. The highest BCUT2D eigenvalue weighted by Gasteiger charge is 2.22. The number of nitrogens with one attached hydrogen (secondary N) is 1. The Hall–Kier alpha value is -2.42. The number of fused-ring (bicyclic) bond motifs is 2. The van der Waals surface area contributed by atoms with E-state index in [1.54, 1.807) is 6.07 Å². The smallest absolute Gasteiger partial charge is 0.123 e. The van der Waals surface area contributed by atoms with Crippen molar-refractivity contribution >= 4 is 16.6 Å². The molecule has 1 heterocycles. The van der Waals surface area contributed by atoms with Crippen LogP contribution in [0.25, 0.3) is 10.9 Å². The topological polar surface area (TPSA) is 24.9 Å². The summed E-state index contributed by atoms with van der Waals surface area (Å²) in [4.78, 5) is 4.47. The van der Waals surface area contributed by atoms with Crippen LogP contribution >= 0.6 is 0 Å². The highest BCUT2D eigenvalue weighted by molar-refractivity contribution is 5.81. The van der Waals surface area contributed by atoms with Gasteiger partial charge < -0.3 is 5.32 Å². The molecule has 1 aliphatic carbocycles. The third-order valence-electron chi connectivity index (χ3n) is 4.11. The molecular weight excluding hydrogens is 263 g/mol. The Morgan fingerprint density at radius 3 is 2.95 bits per heavy atom. The van der Waals surface area contributed by atoms with E-state index in [1.165, 1.54) is 11.6 Å². The molecule has 0 saturated carbocycles. The zero-order chi connectivity index (χ0) is 14.2. The van der Waals surface area contributed by atoms with Crippen molar-refractivity contribution in [2.75, 3.05) is 5.32 Å². The number of nitrogens with zero attached hydrogens (tertiary/aromatic N) is 1. The summed E-state index contributed by atoms with van der Waals surface area (Å²) in [6, 6.07) is 15.5. The van der Waals surface area contributed by atoms with Crippen molar-refractivity contribution < 1.29 is 4.39 Å². The van der Waals surface area contributed by atoms with Crippen LogP contribution in [0.4, 0.5) is 10.1 Å². The predicted molar refractivity (Wildman–Crippen MR) is 82.8 cm³/mol. The summed E-state index contributed by atoms with van der Waals surface area (Å²) < 4.78 is 13.3. The lowest BCUT2D eigenvalue weighted by Crippen LogP contribution is -2.07. The molecule has 2 aromatic carbocycles. The second kappa shape index (κ2) is 4.85. The van der Waals surface area contributed by atoms with Crippen LogP contribution in [0.2, 0.25) is 0 Å². The summed E-state index contributed by atoms with van der Waals surface area (Å²) in [5.74, 6) is -0.151. The zero-order valence-corrected chi connectivity index (χ0v) is 11.5. The Morgan fingerprint density at radius 2 is 2.00 bits per heavy atom. The number of rotatable bonds is 2. The summed E-state index contributed by atoms with van der Waals surface area (Å²) in [5, 5.41) is 4.65. The molecular formula is C18H15FN2. The third kappa shape index (κ3) is 2.25. The van der Waals surface area contributed by atoms with Gasteiger partial charge in [-0.3, -0.25) is 4.98 Å². The van der Waals surface area contributed by atoms with Crippen LogP contribution in [0.3, 0.4) is 0 Å². The number of anilines is 1. The summed E-state index contributed by atoms with van der Waals surface area (Å²) in [7, 11) is 0. The van der Waals surface area contributed by atoms with Gasteiger partial charge in [0.05, 0.1) is 23.4 Å². The minimum atomic E-state index is -0.151. The molecule has 0 aliphatic heterocycles. The Labute approximate surface area is 122 Å². The van der Waals surface area contributed by atoms with Gasteiger partial charge in [0.25, 0.3) is 0 Å². The molecule has 0 bridgehead atoms. The maximum absolute atomic E-state index is 13.3. The van der Waals surface area contributed by atoms with Gasteiger partial charge in [-0.05, 0) is 48.2 Å². The van der Waals surface area contributed by atoms with Crippen LogP contribution in [-0.2, 0) is 6.42 Å². The fourth-order valence-electron chi connectivity index (χ4n) is 3.09. The van der Waals surface area contributed by atoms with Crippen LogP contribution in [0.1, 0.15) is 23.6 Å². The maximum atomic E-state index is 13.3. The molecule has 104 valence electrons. The van der Waals surface area contributed by atoms with Gasteiger partial charge in [-0.1, -0.05) is 24.3 Å². The van der Waals surface area contributed by atoms with Crippen molar-refractivity contribution in [3.05, 3.63) is 71.7 Å². The fraction of sp³-hybridized carbons (Fsp3) is 0.167. The lowest BCUT2D eigenvalue weighted by atomic mass is 10.1. The van der Waals surface area contributed by atoms with Crippen molar-refractivity contribution in [3.63, 3.8) is 0 Å². The maximum Gasteiger partial charge on any atom is 0.123 e. The van der Waals surface area contributed by atoms with Gasteiger partial charge in [-0.2, -0.15) is 0 Å². The molecule has 21 heavy (non-hydrogen) atoms. The van der Waals surface area contributed by atoms with Crippen LogP contribution < -0.4 is 5.32 Å². The van der Waals surface area contributed by atoms with E-state index in [0.29, 0.717) is 0 Å². The molecule has 1 aromatic heterocycles. The van der Waals surface area contributed by atoms with E-state index in [0.717, 1.165) is 35.0 Å². The van der Waals surface area contributed by atoms with Crippen LogP contribution in [0.15, 0.2) is 54.7 Å². The van der Waals surface area contributed by atoms with Gasteiger partial charge in [0, 0.05) is 5.39 Å². The van der Waals surface area contributed by atoms with Crippen molar-refractivity contribution in [1.29, 1.82) is 0 Å². The third-order valence-corrected chi connectivity index (χ3v) is 4.11. The van der Waals surface area contributed by atoms with Crippen molar-refractivity contribution in [1.82, 2.24) is 4.98 Å². The second-order valence-corrected chi connectivity index (χ2v) is 5.50. The molecule has 0 amide bonds. The van der Waals surface area contributed by atoms with Crippen molar-refractivity contribution in [2.45, 2.75) is 18.9 Å². The van der Waals surface area contributed by atoms with Gasteiger partial charge >= 0.3 is 0 Å². The van der Waals surface area contributed by atoms with Gasteiger partial charge in [0.1, 0.15) is 5.82 Å². The quantitative estimate of drug-likeness (QED) is 0.748. The normalized spacial score (nSPS) is 16.9. The molecule has 1 aliphatic rings. The highest BCUT2D eigenvalue weighted by Crippen LogP contribution is 2.34. The highest BCUT2D eigenvalue weighted by atomic mass is 19.1. The Morgan fingerprint density at radius 1 is 1.10 bits per heavy atom. The first-order valence-corrected chi connectivity index (χ1v) is 7.19. The summed E-state index contributed by atoms with van der Waals surface area (Å²) in [6.07, 6.45) is 3.78. The number of aryl methyl sites for hydroxylation is 1. The molecule has 3 heteroatoms. The second-order valence-electron chi connectivity index (χ2n) is 5.50. The minimum absolute atomic E-state index is 0.151. The van der Waals surface area contributed by atoms with Crippen molar-refractivity contribution in [2.24, 2.45) is 0 Å². The van der Waals surface area contributed by atoms with E-state index < -0.39 is 0 Å². The van der Waals surface area contributed by atoms with Gasteiger partial charge in [0.15, 0.2) is 0 Å². The van der Waals surface area contributed by atoms with E-state index in [2.05, 4.69) is 22.4 Å². The lowest BCUT2D eigenvalue weighted by molar-refractivity contribution is 0.626. The van der Waals surface area contributed by atoms with E-state index in [9.17, 15) is 4.39 Å². The number of pyridine rings is 1. The Kier molecular flexibility index (Phi) is 2.85.